The minimum Gasteiger partial charge on any atom is -0.382 e. The molecule has 1 aliphatic rings. The van der Waals surface area contributed by atoms with Crippen LogP contribution in [0.3, 0.4) is 0 Å². The summed E-state index contributed by atoms with van der Waals surface area (Å²) in [5.74, 6) is -0.162. The first kappa shape index (κ1) is 26.0. The lowest BCUT2D eigenvalue weighted by Crippen LogP contribution is -2.40. The van der Waals surface area contributed by atoms with Gasteiger partial charge in [0.15, 0.2) is 0 Å². The van der Waals surface area contributed by atoms with Gasteiger partial charge in [0.25, 0.3) is 5.91 Å². The van der Waals surface area contributed by atoms with Crippen molar-refractivity contribution >= 4 is 34.1 Å². The largest absolute Gasteiger partial charge is 0.433 e. The number of hydrogen-bond acceptors (Lipinski definition) is 4. The highest BCUT2D eigenvalue weighted by atomic mass is 35.5. The third-order valence-electron chi connectivity index (χ3n) is 6.88. The zero-order valence-corrected chi connectivity index (χ0v) is 21.4. The molecule has 0 saturated heterocycles. The van der Waals surface area contributed by atoms with Gasteiger partial charge in [-0.3, -0.25) is 9.78 Å². The molecule has 1 saturated carbocycles. The fraction of sp³-hybridized carbons (Fsp3) is 0.276. The van der Waals surface area contributed by atoms with E-state index in [-0.39, 0.29) is 23.5 Å². The molecule has 0 atom stereocenters. The van der Waals surface area contributed by atoms with E-state index in [0.717, 1.165) is 22.8 Å². The van der Waals surface area contributed by atoms with Gasteiger partial charge >= 0.3 is 6.18 Å². The third kappa shape index (κ3) is 5.75. The molecule has 38 heavy (non-hydrogen) atoms. The number of alkyl halides is 3. The van der Waals surface area contributed by atoms with E-state index in [1.54, 1.807) is 24.5 Å². The summed E-state index contributed by atoms with van der Waals surface area (Å²) in [6.07, 6.45) is 1.53. The number of amides is 1. The topological polar surface area (TPSA) is 66.9 Å². The van der Waals surface area contributed by atoms with E-state index in [1.165, 1.54) is 12.1 Å². The maximum atomic E-state index is 13.5. The molecule has 9 heteroatoms. The van der Waals surface area contributed by atoms with Crippen LogP contribution in [0.4, 0.5) is 18.9 Å². The predicted molar refractivity (Wildman–Crippen MR) is 143 cm³/mol. The van der Waals surface area contributed by atoms with E-state index in [2.05, 4.69) is 20.6 Å². The Balaban J connectivity index is 1.27. The molecule has 2 N–H and O–H groups in total. The van der Waals surface area contributed by atoms with Crippen LogP contribution in [0.2, 0.25) is 5.02 Å². The van der Waals surface area contributed by atoms with E-state index in [9.17, 15) is 18.0 Å². The quantitative estimate of drug-likeness (QED) is 0.277. The maximum absolute atomic E-state index is 13.5. The SMILES string of the molecule is Cc1cccc(-c2cnccc2C(=O)N[C@H]2CC[C@@H](Nc3cc(C(F)(F)F)nc4ccc(Cl)cc34)CC2)c1. The standard InChI is InChI=1S/C29H26ClF3N4O/c1-17-3-2-4-18(13-17)24-16-34-12-11-22(24)28(38)36-21-8-6-20(7-9-21)35-26-15-27(29(31,32)33)37-25-10-5-19(30)14-23(25)26/h2-5,10-16,20-21H,6-9H2,1H3,(H,35,37)(H,36,38)/t20-,21+. The maximum Gasteiger partial charge on any atom is 0.433 e. The number of halogens is 4. The Morgan fingerprint density at radius 1 is 1.00 bits per heavy atom. The number of hydrogen-bond donors (Lipinski definition) is 2. The summed E-state index contributed by atoms with van der Waals surface area (Å²) in [5.41, 5.74) is 3.00. The van der Waals surface area contributed by atoms with Gasteiger partial charge < -0.3 is 10.6 Å². The molecule has 0 radical (unpaired) electrons. The van der Waals surface area contributed by atoms with Crippen LogP contribution in [-0.2, 0) is 6.18 Å². The molecule has 1 fully saturated rings. The molecule has 0 aliphatic heterocycles. The third-order valence-corrected chi connectivity index (χ3v) is 7.11. The van der Waals surface area contributed by atoms with Crippen LogP contribution in [-0.4, -0.2) is 28.0 Å². The molecule has 2 heterocycles. The van der Waals surface area contributed by atoms with E-state index >= 15 is 0 Å². The predicted octanol–water partition coefficient (Wildman–Crippen LogP) is 7.43. The number of carbonyl (C=O) groups excluding carboxylic acids is 1. The molecule has 196 valence electrons. The van der Waals surface area contributed by atoms with E-state index in [4.69, 9.17) is 11.6 Å². The normalized spacial score (nSPS) is 17.8. The van der Waals surface area contributed by atoms with Crippen molar-refractivity contribution in [1.82, 2.24) is 15.3 Å². The second kappa shape index (κ2) is 10.6. The zero-order valence-electron chi connectivity index (χ0n) is 20.6. The van der Waals surface area contributed by atoms with Gasteiger partial charge in [0.2, 0.25) is 0 Å². The Labute approximate surface area is 223 Å². The number of aryl methyl sites for hydroxylation is 1. The molecule has 1 amide bonds. The summed E-state index contributed by atoms with van der Waals surface area (Å²) in [4.78, 5) is 21.2. The van der Waals surface area contributed by atoms with E-state index in [1.807, 2.05) is 31.2 Å². The molecule has 4 aromatic rings. The van der Waals surface area contributed by atoms with Crippen LogP contribution in [0.25, 0.3) is 22.0 Å². The molecule has 1 aliphatic carbocycles. The van der Waals surface area contributed by atoms with E-state index in [0.29, 0.717) is 47.3 Å². The van der Waals surface area contributed by atoms with Crippen LogP contribution in [0, 0.1) is 6.92 Å². The summed E-state index contributed by atoms with van der Waals surface area (Å²) in [5, 5.41) is 7.39. The van der Waals surface area contributed by atoms with Crippen molar-refractivity contribution in [3.63, 3.8) is 0 Å². The monoisotopic (exact) mass is 538 g/mol. The fourth-order valence-corrected chi connectivity index (χ4v) is 5.13. The van der Waals surface area contributed by atoms with Crippen LogP contribution in [0.1, 0.15) is 47.3 Å². The minimum absolute atomic E-state index is 0.0339. The number of nitrogens with zero attached hydrogens (tertiary/aromatic N) is 2. The molecule has 5 rings (SSSR count). The number of pyridine rings is 2. The van der Waals surface area contributed by atoms with Crippen molar-refractivity contribution in [2.75, 3.05) is 5.32 Å². The fourth-order valence-electron chi connectivity index (χ4n) is 4.96. The van der Waals surface area contributed by atoms with Crippen molar-refractivity contribution in [3.05, 3.63) is 88.8 Å². The number of benzene rings is 2. The van der Waals surface area contributed by atoms with E-state index < -0.39 is 11.9 Å². The summed E-state index contributed by atoms with van der Waals surface area (Å²) >= 11 is 6.12. The van der Waals surface area contributed by atoms with Gasteiger partial charge in [-0.1, -0.05) is 41.4 Å². The Morgan fingerprint density at radius 3 is 2.50 bits per heavy atom. The smallest absolute Gasteiger partial charge is 0.382 e. The Morgan fingerprint density at radius 2 is 1.76 bits per heavy atom. The van der Waals surface area contributed by atoms with Crippen LogP contribution in [0.15, 0.2) is 67.0 Å². The highest BCUT2D eigenvalue weighted by molar-refractivity contribution is 6.31. The lowest BCUT2D eigenvalue weighted by Gasteiger charge is -2.31. The summed E-state index contributed by atoms with van der Waals surface area (Å²) < 4.78 is 40.4. The molecule has 2 aromatic heterocycles. The van der Waals surface area contributed by atoms with Gasteiger partial charge in [-0.2, -0.15) is 13.2 Å². The minimum atomic E-state index is -4.56. The van der Waals surface area contributed by atoms with Gasteiger partial charge in [0.1, 0.15) is 5.69 Å². The number of aromatic nitrogens is 2. The average molecular weight is 539 g/mol. The highest BCUT2D eigenvalue weighted by Crippen LogP contribution is 2.35. The summed E-state index contributed by atoms with van der Waals surface area (Å²) in [6, 6.07) is 15.3. The van der Waals surface area contributed by atoms with Gasteiger partial charge in [-0.25, -0.2) is 4.98 Å². The molecular formula is C29H26ClF3N4O. The van der Waals surface area contributed by atoms with Crippen molar-refractivity contribution < 1.29 is 18.0 Å². The van der Waals surface area contributed by atoms with Gasteiger partial charge in [-0.15, -0.1) is 0 Å². The van der Waals surface area contributed by atoms with Crippen molar-refractivity contribution in [3.8, 4) is 11.1 Å². The molecule has 0 bridgehead atoms. The second-order valence-electron chi connectivity index (χ2n) is 9.67. The highest BCUT2D eigenvalue weighted by Gasteiger charge is 2.34. The molecule has 0 spiro atoms. The second-order valence-corrected chi connectivity index (χ2v) is 10.1. The Kier molecular flexibility index (Phi) is 7.25. The first-order valence-electron chi connectivity index (χ1n) is 12.4. The van der Waals surface area contributed by atoms with Crippen molar-refractivity contribution in [1.29, 1.82) is 0 Å². The Bertz CT molecular complexity index is 1480. The number of carbonyl (C=O) groups is 1. The summed E-state index contributed by atoms with van der Waals surface area (Å²) in [7, 11) is 0. The number of rotatable bonds is 5. The molecule has 2 aromatic carbocycles. The first-order chi connectivity index (χ1) is 18.2. The zero-order chi connectivity index (χ0) is 26.9. The Hall–Kier alpha value is -3.65. The van der Waals surface area contributed by atoms with Gasteiger partial charge in [0, 0.05) is 46.1 Å². The lowest BCUT2D eigenvalue weighted by molar-refractivity contribution is -0.140. The van der Waals surface area contributed by atoms with Crippen molar-refractivity contribution in [2.24, 2.45) is 0 Å². The molecule has 5 nitrogen and oxygen atoms in total. The van der Waals surface area contributed by atoms with Crippen LogP contribution < -0.4 is 10.6 Å². The number of anilines is 1. The number of fused-ring (bicyclic) bond motifs is 1. The van der Waals surface area contributed by atoms with Gasteiger partial charge in [-0.05, 0) is 68.5 Å². The number of nitrogens with one attached hydrogen (secondary N) is 2. The first-order valence-corrected chi connectivity index (χ1v) is 12.8. The van der Waals surface area contributed by atoms with Gasteiger partial charge in [0.05, 0.1) is 11.1 Å². The summed E-state index contributed by atoms with van der Waals surface area (Å²) in [6.45, 7) is 2.00. The van der Waals surface area contributed by atoms with Crippen molar-refractivity contribution in [2.45, 2.75) is 50.9 Å². The van der Waals surface area contributed by atoms with Crippen LogP contribution in [0.5, 0.6) is 0 Å². The van der Waals surface area contributed by atoms with Crippen LogP contribution >= 0.6 is 11.6 Å². The average Bonchev–Trinajstić information content (AvgIpc) is 2.89. The lowest BCUT2D eigenvalue weighted by atomic mass is 9.90. The molecular weight excluding hydrogens is 513 g/mol. The molecule has 0 unspecified atom stereocenters.